The quantitative estimate of drug-likeness (QED) is 0.130. The molecule has 0 N–H and O–H groups in total. The molecule has 6 aromatic carbocycles. The maximum absolute atomic E-state index is 15.6. The summed E-state index contributed by atoms with van der Waals surface area (Å²) >= 11 is 0. The summed E-state index contributed by atoms with van der Waals surface area (Å²) in [6.45, 7) is 0. The summed E-state index contributed by atoms with van der Waals surface area (Å²) in [7, 11) is 0. The van der Waals surface area contributed by atoms with E-state index in [0.29, 0.717) is 45.0 Å². The average molecular weight is 670 g/mol. The normalized spacial score (nSPS) is 18.3. The van der Waals surface area contributed by atoms with Crippen LogP contribution < -0.4 is 9.80 Å². The van der Waals surface area contributed by atoms with Crippen LogP contribution in [0.2, 0.25) is 0 Å². The molecule has 8 nitrogen and oxygen atoms in total. The number of carbonyl (C=O) groups excluding carboxylic acids is 2. The average Bonchev–Trinajstić information content (AvgIpc) is 3.32. The van der Waals surface area contributed by atoms with Gasteiger partial charge in [-0.15, -0.1) is 0 Å². The number of hydrogen-bond donors (Lipinski definition) is 0. The van der Waals surface area contributed by atoms with Gasteiger partial charge in [0.25, 0.3) is 17.5 Å². The molecular weight excluding hydrogens is 638 g/mol. The second kappa shape index (κ2) is 12.9. The van der Waals surface area contributed by atoms with Crippen molar-refractivity contribution in [2.75, 3.05) is 9.80 Å². The summed E-state index contributed by atoms with van der Waals surface area (Å²) in [4.78, 5) is 45.6. The van der Waals surface area contributed by atoms with Crippen molar-refractivity contribution in [2.24, 2.45) is 0 Å². The van der Waals surface area contributed by atoms with Crippen molar-refractivity contribution in [3.8, 4) is 0 Å². The summed E-state index contributed by atoms with van der Waals surface area (Å²) in [6.07, 6.45) is 0.0373. The van der Waals surface area contributed by atoms with E-state index < -0.39 is 16.7 Å². The van der Waals surface area contributed by atoms with Crippen LogP contribution in [0.25, 0.3) is 11.3 Å². The molecule has 0 aliphatic carbocycles. The molecule has 2 amide bonds. The van der Waals surface area contributed by atoms with Crippen molar-refractivity contribution in [3.05, 3.63) is 208 Å². The lowest BCUT2D eigenvalue weighted by molar-refractivity contribution is -0.385. The number of nitrogens with zero attached hydrogens (tertiary/aromatic N) is 3. The number of para-hydroxylation sites is 2. The maximum Gasteiger partial charge on any atom is 0.269 e. The molecule has 0 fully saturated rings. The summed E-state index contributed by atoms with van der Waals surface area (Å²) in [5.74, 6) is -0.300. The first kappa shape index (κ1) is 31.5. The smallest absolute Gasteiger partial charge is 0.269 e. The lowest BCUT2D eigenvalue weighted by Crippen LogP contribution is -2.55. The fourth-order valence-corrected chi connectivity index (χ4v) is 7.19. The standard InChI is InChI=1S/C43H31N3O5/c47-41(33-22-11-4-12-23-33)44-36-26-13-14-27-37(36)45-42(48)39(31-18-7-2-8-19-31)40(32-20-9-3-10-21-32)51-43(45,29-38(44)30-16-5-1-6-17-30)34-24-15-25-35(28-34)46(49)50/h1-28,38H,29H2. The van der Waals surface area contributed by atoms with Crippen molar-refractivity contribution < 1.29 is 19.2 Å². The molecule has 8 rings (SSSR count). The number of nitro groups is 1. The van der Waals surface area contributed by atoms with Crippen molar-refractivity contribution in [1.82, 2.24) is 0 Å². The number of non-ortho nitro benzene ring substituents is 1. The Kier molecular flexibility index (Phi) is 7.96. The Morgan fingerprint density at radius 3 is 1.90 bits per heavy atom. The van der Waals surface area contributed by atoms with Gasteiger partial charge in [-0.25, -0.2) is 0 Å². The Hall–Kier alpha value is -6.80. The van der Waals surface area contributed by atoms with E-state index in [0.717, 1.165) is 5.56 Å². The highest BCUT2D eigenvalue weighted by Crippen LogP contribution is 2.56. The Morgan fingerprint density at radius 1 is 0.686 bits per heavy atom. The second-order valence-corrected chi connectivity index (χ2v) is 12.4. The van der Waals surface area contributed by atoms with Gasteiger partial charge in [-0.1, -0.05) is 133 Å². The van der Waals surface area contributed by atoms with Gasteiger partial charge in [-0.3, -0.25) is 29.5 Å². The number of hydrogen-bond acceptors (Lipinski definition) is 5. The third-order valence-electron chi connectivity index (χ3n) is 9.47. The first-order chi connectivity index (χ1) is 25.0. The zero-order valence-corrected chi connectivity index (χ0v) is 27.3. The Labute approximate surface area is 294 Å². The predicted octanol–water partition coefficient (Wildman–Crippen LogP) is 9.17. The molecule has 0 radical (unpaired) electrons. The van der Waals surface area contributed by atoms with Gasteiger partial charge >= 0.3 is 0 Å². The molecule has 0 bridgehead atoms. The third kappa shape index (κ3) is 5.43. The van der Waals surface area contributed by atoms with Crippen LogP contribution in [0, 0.1) is 10.1 Å². The van der Waals surface area contributed by atoms with Gasteiger partial charge in [0.2, 0.25) is 5.72 Å². The number of nitro benzene ring substituents is 1. The fourth-order valence-electron chi connectivity index (χ4n) is 7.19. The van der Waals surface area contributed by atoms with E-state index in [1.807, 2.05) is 127 Å². The lowest BCUT2D eigenvalue weighted by Gasteiger charge is -2.48. The molecule has 0 saturated heterocycles. The highest BCUT2D eigenvalue weighted by Gasteiger charge is 2.56. The van der Waals surface area contributed by atoms with Crippen LogP contribution in [-0.2, 0) is 15.3 Å². The molecule has 248 valence electrons. The largest absolute Gasteiger partial charge is 0.462 e. The molecule has 2 aliphatic heterocycles. The topological polar surface area (TPSA) is 93.0 Å². The van der Waals surface area contributed by atoms with Gasteiger partial charge in [-0.2, -0.15) is 0 Å². The van der Waals surface area contributed by atoms with Crippen LogP contribution in [0.15, 0.2) is 170 Å². The van der Waals surface area contributed by atoms with E-state index in [-0.39, 0.29) is 23.9 Å². The van der Waals surface area contributed by atoms with E-state index in [1.165, 1.54) is 12.1 Å². The van der Waals surface area contributed by atoms with E-state index >= 15 is 4.79 Å². The summed E-state index contributed by atoms with van der Waals surface area (Å²) in [5.41, 5.74) is 2.44. The van der Waals surface area contributed by atoms with Crippen LogP contribution in [0.1, 0.15) is 45.1 Å². The lowest BCUT2D eigenvalue weighted by atomic mass is 9.86. The van der Waals surface area contributed by atoms with E-state index in [2.05, 4.69) is 0 Å². The van der Waals surface area contributed by atoms with Crippen molar-refractivity contribution in [2.45, 2.75) is 18.2 Å². The molecule has 0 saturated carbocycles. The third-order valence-corrected chi connectivity index (χ3v) is 9.47. The molecule has 0 spiro atoms. The highest BCUT2D eigenvalue weighted by atomic mass is 16.6. The molecule has 0 aromatic heterocycles. The van der Waals surface area contributed by atoms with Crippen LogP contribution in [-0.4, -0.2) is 16.7 Å². The number of amides is 2. The number of fused-ring (bicyclic) bond motifs is 3. The number of anilines is 2. The summed E-state index contributed by atoms with van der Waals surface area (Å²) < 4.78 is 7.37. The van der Waals surface area contributed by atoms with E-state index in [4.69, 9.17) is 4.74 Å². The van der Waals surface area contributed by atoms with Gasteiger partial charge in [0, 0.05) is 35.2 Å². The highest BCUT2D eigenvalue weighted by molar-refractivity contribution is 6.33. The Bertz CT molecular complexity index is 2290. The second-order valence-electron chi connectivity index (χ2n) is 12.4. The number of benzene rings is 6. The predicted molar refractivity (Wildman–Crippen MR) is 197 cm³/mol. The zero-order valence-electron chi connectivity index (χ0n) is 27.3. The molecule has 2 unspecified atom stereocenters. The van der Waals surface area contributed by atoms with E-state index in [9.17, 15) is 14.9 Å². The molecule has 2 aliphatic rings. The van der Waals surface area contributed by atoms with Crippen molar-refractivity contribution >= 4 is 40.2 Å². The Morgan fingerprint density at radius 2 is 1.25 bits per heavy atom. The van der Waals surface area contributed by atoms with Gasteiger partial charge in [0.05, 0.1) is 27.9 Å². The summed E-state index contributed by atoms with van der Waals surface area (Å²) in [5, 5.41) is 12.3. The first-order valence-electron chi connectivity index (χ1n) is 16.6. The van der Waals surface area contributed by atoms with Crippen LogP contribution in [0.5, 0.6) is 0 Å². The number of ether oxygens (including phenoxy) is 1. The monoisotopic (exact) mass is 669 g/mol. The van der Waals surface area contributed by atoms with Gasteiger partial charge in [0.1, 0.15) is 5.76 Å². The minimum atomic E-state index is -1.66. The Balaban J connectivity index is 1.48. The van der Waals surface area contributed by atoms with Crippen LogP contribution >= 0.6 is 0 Å². The minimum absolute atomic E-state index is 0.0373. The zero-order chi connectivity index (χ0) is 35.0. The first-order valence-corrected chi connectivity index (χ1v) is 16.6. The SMILES string of the molecule is O=C(c1ccccc1)N1c2ccccc2N2C(=O)C(c3ccccc3)=C(c3ccccc3)OC2(c2cccc([N+](=O)[O-])c2)CC1c1ccccc1. The maximum atomic E-state index is 15.6. The fraction of sp³-hybridized carbons (Fsp3) is 0.0698. The van der Waals surface area contributed by atoms with E-state index in [1.54, 1.807) is 40.1 Å². The molecule has 2 heterocycles. The number of carbonyl (C=O) groups is 2. The van der Waals surface area contributed by atoms with Crippen molar-refractivity contribution in [1.29, 1.82) is 0 Å². The summed E-state index contributed by atoms with van der Waals surface area (Å²) in [6, 6.07) is 50.2. The molecule has 51 heavy (non-hydrogen) atoms. The molecule has 8 heteroatoms. The van der Waals surface area contributed by atoms with Gasteiger partial charge < -0.3 is 4.74 Å². The molecule has 2 atom stereocenters. The van der Waals surface area contributed by atoms with Crippen LogP contribution in [0.3, 0.4) is 0 Å². The van der Waals surface area contributed by atoms with Crippen LogP contribution in [0.4, 0.5) is 17.1 Å². The minimum Gasteiger partial charge on any atom is -0.462 e. The molecule has 6 aromatic rings. The van der Waals surface area contributed by atoms with Crippen molar-refractivity contribution in [3.63, 3.8) is 0 Å². The molecular formula is C43H31N3O5. The number of rotatable bonds is 6. The van der Waals surface area contributed by atoms with Gasteiger partial charge in [0.15, 0.2) is 0 Å². The van der Waals surface area contributed by atoms with Gasteiger partial charge in [-0.05, 0) is 35.4 Å².